The van der Waals surface area contributed by atoms with Gasteiger partial charge in [0.1, 0.15) is 5.82 Å². The van der Waals surface area contributed by atoms with Crippen LogP contribution in [0.5, 0.6) is 5.75 Å². The average molecular weight is 226 g/mol. The maximum atomic E-state index is 13.2. The zero-order valence-electron chi connectivity index (χ0n) is 8.54. The minimum absolute atomic E-state index is 0.0558. The van der Waals surface area contributed by atoms with Crippen LogP contribution in [0.2, 0.25) is 0 Å². The number of hydrogen-bond donors (Lipinski definition) is 2. The molecule has 1 atom stereocenters. The molecule has 1 aromatic rings. The van der Waals surface area contributed by atoms with Gasteiger partial charge in [-0.15, -0.1) is 0 Å². The molecule has 1 heterocycles. The molecule has 1 aliphatic heterocycles. The molecule has 0 aliphatic carbocycles. The predicted octanol–water partition coefficient (Wildman–Crippen LogP) is 1.36. The molecule has 0 saturated carbocycles. The number of nitrogens with two attached hydrogens (primary N) is 1. The van der Waals surface area contributed by atoms with Crippen LogP contribution < -0.4 is 15.8 Å². The van der Waals surface area contributed by atoms with Crippen molar-refractivity contribution < 1.29 is 13.5 Å². The van der Waals surface area contributed by atoms with Gasteiger partial charge in [0, 0.05) is 18.5 Å². The Morgan fingerprint density at radius 3 is 2.88 bits per heavy atom. The van der Waals surface area contributed by atoms with E-state index < -0.39 is 11.6 Å². The standard InChI is InChI=1S/C11H12F2N2O/c12-8-1-2-10(9(13)4-8)16-6-7-3-11(14)15-5-7/h1-4,7,15H,5-6,14H2/t7-/m0/s1. The smallest absolute Gasteiger partial charge is 0.167 e. The molecule has 1 aliphatic rings. The van der Waals surface area contributed by atoms with E-state index in [1.54, 1.807) is 0 Å². The van der Waals surface area contributed by atoms with Crippen LogP contribution in [0.1, 0.15) is 0 Å². The first-order chi connectivity index (χ1) is 7.65. The van der Waals surface area contributed by atoms with Crippen molar-refractivity contribution in [3.8, 4) is 5.75 Å². The lowest BCUT2D eigenvalue weighted by Gasteiger charge is -2.10. The molecule has 86 valence electrons. The average Bonchev–Trinajstić information content (AvgIpc) is 2.63. The van der Waals surface area contributed by atoms with Gasteiger partial charge >= 0.3 is 0 Å². The van der Waals surface area contributed by atoms with Gasteiger partial charge in [0.15, 0.2) is 11.6 Å². The molecule has 0 spiro atoms. The molecule has 5 heteroatoms. The maximum Gasteiger partial charge on any atom is 0.167 e. The first-order valence-electron chi connectivity index (χ1n) is 4.94. The fourth-order valence-electron chi connectivity index (χ4n) is 1.52. The zero-order valence-corrected chi connectivity index (χ0v) is 8.54. The monoisotopic (exact) mass is 226 g/mol. The van der Waals surface area contributed by atoms with Crippen LogP contribution in [-0.4, -0.2) is 13.2 Å². The first kappa shape index (κ1) is 10.7. The van der Waals surface area contributed by atoms with Gasteiger partial charge in [0.2, 0.25) is 0 Å². The molecular weight excluding hydrogens is 214 g/mol. The largest absolute Gasteiger partial charge is 0.490 e. The minimum Gasteiger partial charge on any atom is -0.490 e. The first-order valence-corrected chi connectivity index (χ1v) is 4.94. The lowest BCUT2D eigenvalue weighted by molar-refractivity contribution is 0.266. The molecule has 0 saturated heterocycles. The van der Waals surface area contributed by atoms with Crippen molar-refractivity contribution in [1.82, 2.24) is 5.32 Å². The fraction of sp³-hybridized carbons (Fsp3) is 0.273. The van der Waals surface area contributed by atoms with Crippen LogP contribution in [0.15, 0.2) is 30.1 Å². The van der Waals surface area contributed by atoms with E-state index in [1.807, 2.05) is 6.08 Å². The Kier molecular flexibility index (Phi) is 2.94. The number of nitrogens with one attached hydrogen (secondary N) is 1. The van der Waals surface area contributed by atoms with Crippen molar-refractivity contribution in [2.45, 2.75) is 0 Å². The highest BCUT2D eigenvalue weighted by Crippen LogP contribution is 2.19. The van der Waals surface area contributed by atoms with E-state index in [-0.39, 0.29) is 11.7 Å². The normalized spacial score (nSPS) is 19.1. The van der Waals surface area contributed by atoms with Crippen molar-refractivity contribution in [2.24, 2.45) is 11.7 Å². The molecule has 0 bridgehead atoms. The quantitative estimate of drug-likeness (QED) is 0.818. The van der Waals surface area contributed by atoms with Gasteiger partial charge in [0.05, 0.1) is 12.4 Å². The molecule has 1 aromatic carbocycles. The van der Waals surface area contributed by atoms with Crippen molar-refractivity contribution in [3.63, 3.8) is 0 Å². The Balaban J connectivity index is 1.95. The van der Waals surface area contributed by atoms with E-state index in [9.17, 15) is 8.78 Å². The van der Waals surface area contributed by atoms with Crippen LogP contribution in [0.25, 0.3) is 0 Å². The maximum absolute atomic E-state index is 13.2. The molecule has 0 aromatic heterocycles. The Hall–Kier alpha value is -1.78. The third-order valence-electron chi connectivity index (χ3n) is 2.33. The second kappa shape index (κ2) is 4.38. The summed E-state index contributed by atoms with van der Waals surface area (Å²) < 4.78 is 31.0. The molecule has 0 unspecified atom stereocenters. The lowest BCUT2D eigenvalue weighted by Crippen LogP contribution is -2.19. The van der Waals surface area contributed by atoms with Crippen molar-refractivity contribution in [1.29, 1.82) is 0 Å². The van der Waals surface area contributed by atoms with Gasteiger partial charge < -0.3 is 15.8 Å². The van der Waals surface area contributed by atoms with Crippen LogP contribution in [0, 0.1) is 17.6 Å². The summed E-state index contributed by atoms with van der Waals surface area (Å²) in [4.78, 5) is 0. The van der Waals surface area contributed by atoms with E-state index in [0.717, 1.165) is 12.1 Å². The predicted molar refractivity (Wildman–Crippen MR) is 55.6 cm³/mol. The SMILES string of the molecule is NC1=C[C@H](COc2ccc(F)cc2F)CN1. The summed E-state index contributed by atoms with van der Waals surface area (Å²) in [6, 6.07) is 3.24. The third-order valence-corrected chi connectivity index (χ3v) is 2.33. The molecule has 0 fully saturated rings. The van der Waals surface area contributed by atoms with E-state index in [1.165, 1.54) is 6.07 Å². The van der Waals surface area contributed by atoms with Crippen molar-refractivity contribution in [2.75, 3.05) is 13.2 Å². The summed E-state index contributed by atoms with van der Waals surface area (Å²) in [6.45, 7) is 0.991. The van der Waals surface area contributed by atoms with Gasteiger partial charge in [0.25, 0.3) is 0 Å². The highest BCUT2D eigenvalue weighted by molar-refractivity contribution is 5.24. The molecule has 16 heavy (non-hydrogen) atoms. The van der Waals surface area contributed by atoms with Gasteiger partial charge in [-0.3, -0.25) is 0 Å². The Morgan fingerprint density at radius 1 is 1.44 bits per heavy atom. The van der Waals surface area contributed by atoms with Crippen LogP contribution in [0.4, 0.5) is 8.78 Å². The molecule has 0 radical (unpaired) electrons. The molecule has 3 N–H and O–H groups in total. The Morgan fingerprint density at radius 2 is 2.25 bits per heavy atom. The lowest BCUT2D eigenvalue weighted by atomic mass is 10.2. The summed E-state index contributed by atoms with van der Waals surface area (Å²) in [7, 11) is 0. The van der Waals surface area contributed by atoms with E-state index >= 15 is 0 Å². The van der Waals surface area contributed by atoms with E-state index in [0.29, 0.717) is 19.0 Å². The van der Waals surface area contributed by atoms with Crippen LogP contribution in [-0.2, 0) is 0 Å². The van der Waals surface area contributed by atoms with E-state index in [2.05, 4.69) is 5.32 Å². The fourth-order valence-corrected chi connectivity index (χ4v) is 1.52. The molecular formula is C11H12F2N2O. The number of ether oxygens (including phenoxy) is 1. The number of rotatable bonds is 3. The number of halogens is 2. The summed E-state index contributed by atoms with van der Waals surface area (Å²) in [5.41, 5.74) is 5.51. The van der Waals surface area contributed by atoms with Crippen LogP contribution in [0.3, 0.4) is 0 Å². The molecule has 3 nitrogen and oxygen atoms in total. The van der Waals surface area contributed by atoms with E-state index in [4.69, 9.17) is 10.5 Å². The van der Waals surface area contributed by atoms with Crippen molar-refractivity contribution in [3.05, 3.63) is 41.7 Å². The Bertz CT molecular complexity index is 420. The van der Waals surface area contributed by atoms with Crippen LogP contribution >= 0.6 is 0 Å². The highest BCUT2D eigenvalue weighted by Gasteiger charge is 2.14. The van der Waals surface area contributed by atoms with Crippen molar-refractivity contribution >= 4 is 0 Å². The summed E-state index contributed by atoms with van der Waals surface area (Å²) in [6.07, 6.45) is 1.82. The Labute approximate surface area is 91.9 Å². The summed E-state index contributed by atoms with van der Waals surface area (Å²) >= 11 is 0. The second-order valence-electron chi connectivity index (χ2n) is 3.65. The topological polar surface area (TPSA) is 47.3 Å². The number of hydrogen-bond acceptors (Lipinski definition) is 3. The van der Waals surface area contributed by atoms with Gasteiger partial charge in [-0.2, -0.15) is 0 Å². The molecule has 0 amide bonds. The second-order valence-corrected chi connectivity index (χ2v) is 3.65. The number of benzene rings is 1. The zero-order chi connectivity index (χ0) is 11.5. The highest BCUT2D eigenvalue weighted by atomic mass is 19.1. The molecule has 2 rings (SSSR count). The summed E-state index contributed by atoms with van der Waals surface area (Å²) in [5.74, 6) is -0.530. The van der Waals surface area contributed by atoms with Gasteiger partial charge in [-0.25, -0.2) is 8.78 Å². The minimum atomic E-state index is -0.692. The van der Waals surface area contributed by atoms with Gasteiger partial charge in [-0.1, -0.05) is 0 Å². The summed E-state index contributed by atoms with van der Waals surface area (Å²) in [5, 5.41) is 2.93. The van der Waals surface area contributed by atoms with Gasteiger partial charge in [-0.05, 0) is 18.2 Å². The third kappa shape index (κ3) is 2.42.